The predicted molar refractivity (Wildman–Crippen MR) is 111 cm³/mol. The van der Waals surface area contributed by atoms with Crippen LogP contribution in [0.2, 0.25) is 0 Å². The van der Waals surface area contributed by atoms with E-state index in [2.05, 4.69) is 24.3 Å². The van der Waals surface area contributed by atoms with Crippen molar-refractivity contribution in [2.45, 2.75) is 25.4 Å². The number of fused-ring (bicyclic) bond motifs is 5. The van der Waals surface area contributed by atoms with E-state index in [0.717, 1.165) is 45.7 Å². The summed E-state index contributed by atoms with van der Waals surface area (Å²) in [7, 11) is 0. The highest BCUT2D eigenvalue weighted by atomic mass is 19.4. The number of Topliss-reactive ketones (excluding diaryl/α,β-unsaturated/α-hetero) is 1. The summed E-state index contributed by atoms with van der Waals surface area (Å²) >= 11 is 0. The van der Waals surface area contributed by atoms with Crippen LogP contribution >= 0.6 is 0 Å². The number of carbonyl (C=O) groups is 1. The van der Waals surface area contributed by atoms with Gasteiger partial charge in [0.1, 0.15) is 5.82 Å². The van der Waals surface area contributed by atoms with Crippen molar-refractivity contribution >= 4 is 17.9 Å². The highest BCUT2D eigenvalue weighted by Gasteiger charge is 2.36. The second-order valence-corrected chi connectivity index (χ2v) is 8.01. The van der Waals surface area contributed by atoms with E-state index in [9.17, 15) is 22.4 Å². The molecular formula is C26H18F4O. The van der Waals surface area contributed by atoms with E-state index in [1.54, 1.807) is 0 Å². The van der Waals surface area contributed by atoms with E-state index in [0.29, 0.717) is 18.9 Å². The lowest BCUT2D eigenvalue weighted by molar-refractivity contribution is -0.140. The van der Waals surface area contributed by atoms with Gasteiger partial charge in [-0.3, -0.25) is 4.79 Å². The topological polar surface area (TPSA) is 17.1 Å². The molecule has 0 saturated heterocycles. The molecule has 2 aliphatic carbocycles. The molecule has 3 aromatic carbocycles. The smallest absolute Gasteiger partial charge is 0.293 e. The van der Waals surface area contributed by atoms with Gasteiger partial charge in [-0.1, -0.05) is 54.6 Å². The molecule has 1 atom stereocenters. The molecule has 1 unspecified atom stereocenters. The van der Waals surface area contributed by atoms with Gasteiger partial charge in [0.25, 0.3) is 0 Å². The molecule has 0 aliphatic heterocycles. The maximum absolute atomic E-state index is 14.5. The molecule has 0 bridgehead atoms. The Balaban J connectivity index is 1.61. The van der Waals surface area contributed by atoms with E-state index < -0.39 is 34.8 Å². The van der Waals surface area contributed by atoms with Gasteiger partial charge >= 0.3 is 6.18 Å². The number of alkyl halides is 3. The van der Waals surface area contributed by atoms with Crippen LogP contribution < -0.4 is 10.4 Å². The summed E-state index contributed by atoms with van der Waals surface area (Å²) in [4.78, 5) is 13.0. The van der Waals surface area contributed by atoms with Gasteiger partial charge in [0, 0.05) is 5.92 Å². The lowest BCUT2D eigenvalue weighted by Gasteiger charge is -2.22. The average Bonchev–Trinajstić information content (AvgIpc) is 2.77. The van der Waals surface area contributed by atoms with Crippen LogP contribution in [0.4, 0.5) is 17.6 Å². The number of ketones is 1. The molecule has 0 aromatic heterocycles. The van der Waals surface area contributed by atoms with E-state index in [1.807, 2.05) is 24.3 Å². The maximum atomic E-state index is 14.5. The van der Waals surface area contributed by atoms with Gasteiger partial charge in [0.2, 0.25) is 0 Å². The zero-order valence-corrected chi connectivity index (χ0v) is 16.5. The minimum Gasteiger partial charge on any atom is -0.293 e. The minimum absolute atomic E-state index is 0.441. The summed E-state index contributed by atoms with van der Waals surface area (Å²) in [6.45, 7) is 0. The summed E-state index contributed by atoms with van der Waals surface area (Å²) in [5, 5.41) is 1.97. The Morgan fingerprint density at radius 1 is 0.871 bits per heavy atom. The molecule has 0 fully saturated rings. The van der Waals surface area contributed by atoms with Crippen LogP contribution in [0.25, 0.3) is 23.3 Å². The van der Waals surface area contributed by atoms with Gasteiger partial charge < -0.3 is 0 Å². The van der Waals surface area contributed by atoms with Crippen molar-refractivity contribution in [2.75, 3.05) is 0 Å². The summed E-state index contributed by atoms with van der Waals surface area (Å²) < 4.78 is 53.8. The molecule has 0 amide bonds. The lowest BCUT2D eigenvalue weighted by atomic mass is 9.82. The van der Waals surface area contributed by atoms with Crippen molar-refractivity contribution in [3.63, 3.8) is 0 Å². The second-order valence-electron chi connectivity index (χ2n) is 8.01. The number of aryl methyl sites for hydroxylation is 1. The number of hydrogen-bond acceptors (Lipinski definition) is 1. The fourth-order valence-electron chi connectivity index (χ4n) is 4.67. The van der Waals surface area contributed by atoms with Crippen molar-refractivity contribution in [2.24, 2.45) is 5.92 Å². The number of benzene rings is 3. The fourth-order valence-corrected chi connectivity index (χ4v) is 4.67. The average molecular weight is 422 g/mol. The Labute approximate surface area is 176 Å². The predicted octanol–water partition coefficient (Wildman–Crippen LogP) is 5.07. The Morgan fingerprint density at radius 3 is 2.48 bits per heavy atom. The first-order chi connectivity index (χ1) is 14.8. The molecule has 5 rings (SSSR count). The van der Waals surface area contributed by atoms with E-state index in [-0.39, 0.29) is 0 Å². The minimum atomic E-state index is -4.84. The van der Waals surface area contributed by atoms with Crippen molar-refractivity contribution < 1.29 is 22.4 Å². The number of hydrogen-bond donors (Lipinski definition) is 0. The molecule has 1 nitrogen and oxygen atoms in total. The van der Waals surface area contributed by atoms with Crippen LogP contribution in [0, 0.1) is 11.7 Å². The quantitative estimate of drug-likeness (QED) is 0.416. The standard InChI is InChI=1S/C26H18F4O/c27-24-21(6-3-7-23(24)26(28,29)30)25(31)17-9-8-16-11-12-19-18-5-2-1-4-15(18)10-13-20(19)22(16)14-17/h1-7,11-14,17H,8-10H2. The lowest BCUT2D eigenvalue weighted by Crippen LogP contribution is -2.37. The molecular weight excluding hydrogens is 404 g/mol. The Hall–Kier alpha value is -3.21. The van der Waals surface area contributed by atoms with E-state index >= 15 is 0 Å². The summed E-state index contributed by atoms with van der Waals surface area (Å²) in [6.07, 6.45) is 0.927. The number of carbonyl (C=O) groups excluding carboxylic acids is 1. The largest absolute Gasteiger partial charge is 0.419 e. The SMILES string of the molecule is O=C(c1cccc(C(F)(F)F)c1F)C1C=c2c(ccc3c2=CCc2ccccc2-3)CC1. The number of rotatable bonds is 2. The van der Waals surface area contributed by atoms with Gasteiger partial charge in [0.15, 0.2) is 5.78 Å². The normalized spacial score (nSPS) is 17.0. The van der Waals surface area contributed by atoms with Crippen LogP contribution in [0.15, 0.2) is 54.6 Å². The van der Waals surface area contributed by atoms with Crippen LogP contribution in [0.1, 0.15) is 33.5 Å². The molecule has 5 heteroatoms. The Bertz CT molecular complexity index is 1330. The van der Waals surface area contributed by atoms with E-state index in [1.165, 1.54) is 5.56 Å². The van der Waals surface area contributed by atoms with Crippen LogP contribution in [-0.4, -0.2) is 5.78 Å². The summed E-state index contributed by atoms with van der Waals surface area (Å²) in [5.41, 5.74) is 2.65. The van der Waals surface area contributed by atoms with Crippen molar-refractivity contribution in [3.8, 4) is 11.1 Å². The molecule has 0 spiro atoms. The first-order valence-electron chi connectivity index (χ1n) is 10.2. The molecule has 0 heterocycles. The maximum Gasteiger partial charge on any atom is 0.419 e. The molecule has 0 radical (unpaired) electrons. The van der Waals surface area contributed by atoms with Crippen LogP contribution in [-0.2, 0) is 19.0 Å². The first-order valence-corrected chi connectivity index (χ1v) is 10.2. The zero-order valence-electron chi connectivity index (χ0n) is 16.5. The van der Waals surface area contributed by atoms with Crippen molar-refractivity contribution in [1.82, 2.24) is 0 Å². The van der Waals surface area contributed by atoms with Gasteiger partial charge in [-0.15, -0.1) is 0 Å². The monoisotopic (exact) mass is 422 g/mol. The molecule has 3 aromatic rings. The third kappa shape index (κ3) is 3.29. The zero-order chi connectivity index (χ0) is 21.8. The Kier molecular flexibility index (Phi) is 4.58. The second kappa shape index (κ2) is 7.19. The van der Waals surface area contributed by atoms with Crippen molar-refractivity contribution in [1.29, 1.82) is 0 Å². The van der Waals surface area contributed by atoms with Gasteiger partial charge in [-0.05, 0) is 64.1 Å². The summed E-state index contributed by atoms with van der Waals surface area (Å²) in [6, 6.07) is 15.2. The van der Waals surface area contributed by atoms with Gasteiger partial charge in [-0.2, -0.15) is 13.2 Å². The van der Waals surface area contributed by atoms with Crippen LogP contribution in [0.3, 0.4) is 0 Å². The molecule has 0 saturated carbocycles. The van der Waals surface area contributed by atoms with E-state index in [4.69, 9.17) is 0 Å². The highest BCUT2D eigenvalue weighted by Crippen LogP contribution is 2.33. The number of halogens is 4. The fraction of sp³-hybridized carbons (Fsp3) is 0.192. The van der Waals surface area contributed by atoms with Crippen molar-refractivity contribution in [3.05, 3.63) is 93.1 Å². The van der Waals surface area contributed by atoms with Gasteiger partial charge in [0.05, 0.1) is 11.1 Å². The Morgan fingerprint density at radius 2 is 1.68 bits per heavy atom. The molecule has 31 heavy (non-hydrogen) atoms. The molecule has 2 aliphatic rings. The molecule has 156 valence electrons. The summed E-state index contributed by atoms with van der Waals surface area (Å²) in [5.74, 6) is -2.76. The highest BCUT2D eigenvalue weighted by molar-refractivity contribution is 6.01. The third-order valence-electron chi connectivity index (χ3n) is 6.21. The molecule has 0 N–H and O–H groups in total. The third-order valence-corrected chi connectivity index (χ3v) is 6.21. The van der Waals surface area contributed by atoms with Crippen LogP contribution in [0.5, 0.6) is 0 Å². The first kappa shape index (κ1) is 19.7. The van der Waals surface area contributed by atoms with Gasteiger partial charge in [-0.25, -0.2) is 4.39 Å².